The largest absolute Gasteiger partial charge is 0.543 e. The van der Waals surface area contributed by atoms with E-state index < -0.39 is 29.2 Å². The fourth-order valence-electron chi connectivity index (χ4n) is 4.27. The number of carboxylic acid groups (broad SMARTS) is 1. The number of imidazole rings is 1. The maximum absolute atomic E-state index is 13.0. The number of thioether (sulfide) groups is 1. The number of oxime groups is 1. The van der Waals surface area contributed by atoms with Crippen molar-refractivity contribution in [3.8, 4) is 0 Å². The topological polar surface area (TPSA) is 158 Å². The molecule has 5 rings (SSSR count). The summed E-state index contributed by atoms with van der Waals surface area (Å²) in [5.41, 5.74) is 7.83. The van der Waals surface area contributed by atoms with Gasteiger partial charge in [-0.05, 0) is 24.6 Å². The molecule has 37 heavy (non-hydrogen) atoms. The van der Waals surface area contributed by atoms with Gasteiger partial charge in [-0.1, -0.05) is 28.1 Å². The minimum Gasteiger partial charge on any atom is -0.543 e. The second-order valence-electron chi connectivity index (χ2n) is 8.35. The van der Waals surface area contributed by atoms with Crippen molar-refractivity contribution in [2.45, 2.75) is 24.9 Å². The number of aliphatic carboxylic acids is 1. The zero-order chi connectivity index (χ0) is 26.4. The normalized spacial score (nSPS) is 19.6. The summed E-state index contributed by atoms with van der Waals surface area (Å²) in [6.45, 7) is 2.25. The van der Waals surface area contributed by atoms with Crippen LogP contribution in [0.15, 0.2) is 47.3 Å². The maximum Gasteiger partial charge on any atom is 0.276 e. The molecule has 3 aromatic heterocycles. The van der Waals surface area contributed by atoms with Gasteiger partial charge in [-0.15, -0.1) is 11.8 Å². The summed E-state index contributed by atoms with van der Waals surface area (Å²) < 4.78 is 3.91. The molecule has 1 saturated heterocycles. The average molecular weight is 562 g/mol. The summed E-state index contributed by atoms with van der Waals surface area (Å²) in [5, 5.41) is 17.9. The molecule has 0 aliphatic carbocycles. The van der Waals surface area contributed by atoms with Gasteiger partial charge in [-0.2, -0.15) is 0 Å². The molecule has 2 atom stereocenters. The van der Waals surface area contributed by atoms with Gasteiger partial charge in [0.2, 0.25) is 6.33 Å². The predicted octanol–water partition coefficient (Wildman–Crippen LogP) is -0.318. The Bertz CT molecular complexity index is 1510. The van der Waals surface area contributed by atoms with Crippen molar-refractivity contribution in [2.24, 2.45) is 5.16 Å². The van der Waals surface area contributed by atoms with Crippen molar-refractivity contribution in [3.63, 3.8) is 0 Å². The number of fused-ring (bicyclic) bond motifs is 2. The van der Waals surface area contributed by atoms with Crippen molar-refractivity contribution in [1.82, 2.24) is 19.6 Å². The molecule has 3 aromatic rings. The van der Waals surface area contributed by atoms with E-state index in [-0.39, 0.29) is 33.1 Å². The Morgan fingerprint density at radius 2 is 2.24 bits per heavy atom. The summed E-state index contributed by atoms with van der Waals surface area (Å²) in [7, 11) is 1.25. The number of amides is 2. The van der Waals surface area contributed by atoms with Crippen LogP contribution in [0, 0.1) is 6.92 Å². The Labute approximate surface area is 223 Å². The molecule has 0 bridgehead atoms. The van der Waals surface area contributed by atoms with Gasteiger partial charge in [-0.3, -0.25) is 14.5 Å². The van der Waals surface area contributed by atoms with Gasteiger partial charge in [-0.25, -0.2) is 14.0 Å². The lowest BCUT2D eigenvalue weighted by Crippen LogP contribution is -2.71. The molecule has 0 saturated carbocycles. The summed E-state index contributed by atoms with van der Waals surface area (Å²) in [4.78, 5) is 48.0. The molecule has 0 aromatic carbocycles. The van der Waals surface area contributed by atoms with Gasteiger partial charge in [0.15, 0.2) is 16.4 Å². The van der Waals surface area contributed by atoms with E-state index in [0.29, 0.717) is 11.3 Å². The molecule has 0 radical (unpaired) electrons. The van der Waals surface area contributed by atoms with E-state index in [1.165, 1.54) is 18.9 Å². The Kier molecular flexibility index (Phi) is 6.56. The molecule has 192 valence electrons. The molecule has 2 aliphatic rings. The first kappa shape index (κ1) is 25.0. The molecule has 0 spiro atoms. The molecule has 3 N–H and O–H groups in total. The third kappa shape index (κ3) is 4.51. The number of nitrogens with two attached hydrogens (primary N) is 1. The molecule has 15 heteroatoms. The van der Waals surface area contributed by atoms with E-state index in [4.69, 9.17) is 22.2 Å². The Hall–Kier alpha value is -3.62. The SMILES string of the molecule is CO/N=C(\C(=O)N[C@@H]1C(=O)N2C(C(=O)[O-])=C(C[n+]3cc4cc(C)ccn4c3)CS[C@H]12)c1nc(N)sc1Cl. The molecular formula is C22H20ClN7O5S2. The van der Waals surface area contributed by atoms with E-state index >= 15 is 0 Å². The number of carboxylic acids is 1. The number of anilines is 1. The highest BCUT2D eigenvalue weighted by Gasteiger charge is 2.53. The number of β-lactam (4-membered cyclic amide) rings is 1. The number of carbonyl (C=O) groups is 3. The lowest BCUT2D eigenvalue weighted by atomic mass is 10.0. The van der Waals surface area contributed by atoms with E-state index in [1.54, 1.807) is 0 Å². The van der Waals surface area contributed by atoms with E-state index in [2.05, 4.69) is 15.5 Å². The van der Waals surface area contributed by atoms with Gasteiger partial charge < -0.3 is 25.8 Å². The van der Waals surface area contributed by atoms with Crippen molar-refractivity contribution >= 4 is 68.8 Å². The van der Waals surface area contributed by atoms with E-state index in [0.717, 1.165) is 27.3 Å². The zero-order valence-electron chi connectivity index (χ0n) is 19.5. The zero-order valence-corrected chi connectivity index (χ0v) is 21.9. The number of nitrogen functional groups attached to an aromatic ring is 1. The Balaban J connectivity index is 1.37. The molecule has 5 heterocycles. The van der Waals surface area contributed by atoms with Crippen LogP contribution in [0.3, 0.4) is 0 Å². The highest BCUT2D eigenvalue weighted by molar-refractivity contribution is 8.00. The van der Waals surface area contributed by atoms with E-state index in [1.807, 2.05) is 46.7 Å². The number of hydrogen-bond donors (Lipinski definition) is 2. The summed E-state index contributed by atoms with van der Waals surface area (Å²) in [6, 6.07) is 2.99. The lowest BCUT2D eigenvalue weighted by Gasteiger charge is -2.50. The number of carbonyl (C=O) groups excluding carboxylic acids is 3. The number of nitrogens with zero attached hydrogens (tertiary/aromatic N) is 5. The number of nitrogens with one attached hydrogen (secondary N) is 1. The highest BCUT2D eigenvalue weighted by atomic mass is 35.5. The molecule has 12 nitrogen and oxygen atoms in total. The molecule has 2 amide bonds. The minimum atomic E-state index is -1.45. The fraction of sp³-hybridized carbons (Fsp3) is 0.273. The standard InChI is InChI=1S/C22H20ClN7O5S2/c1-10-3-4-29-9-28(7-12(29)5-10)6-11-8-36-20-15(19(32)30(20)16(11)21(33)34)25-18(31)14(27-35-2)13-17(23)37-22(24)26-13/h3-5,7,9,15,20H,6,8H2,1-2H3,(H3-,24,25,26,31,33,34)/b27-14-/t15-,20-/m1/s1. The van der Waals surface area contributed by atoms with Crippen LogP contribution in [-0.2, 0) is 25.8 Å². The van der Waals surface area contributed by atoms with Crippen LogP contribution in [0.2, 0.25) is 4.34 Å². The summed E-state index contributed by atoms with van der Waals surface area (Å²) >= 11 is 8.41. The van der Waals surface area contributed by atoms with Crippen molar-refractivity contribution < 1.29 is 28.9 Å². The van der Waals surface area contributed by atoms with Crippen LogP contribution in [-0.4, -0.2) is 62.1 Å². The number of aromatic nitrogens is 3. The number of halogens is 1. The Morgan fingerprint density at radius 3 is 2.92 bits per heavy atom. The van der Waals surface area contributed by atoms with Gasteiger partial charge in [0.1, 0.15) is 41.3 Å². The predicted molar refractivity (Wildman–Crippen MR) is 134 cm³/mol. The van der Waals surface area contributed by atoms with Crippen LogP contribution in [0.5, 0.6) is 0 Å². The summed E-state index contributed by atoms with van der Waals surface area (Å²) in [6.07, 6.45) is 5.67. The molecular weight excluding hydrogens is 542 g/mol. The summed E-state index contributed by atoms with van der Waals surface area (Å²) in [5.74, 6) is -2.46. The van der Waals surface area contributed by atoms with Crippen LogP contribution in [0.4, 0.5) is 5.13 Å². The van der Waals surface area contributed by atoms with Crippen molar-refractivity contribution in [2.75, 3.05) is 18.6 Å². The monoisotopic (exact) mass is 561 g/mol. The first-order valence-corrected chi connectivity index (χ1v) is 13.1. The van der Waals surface area contributed by atoms with Crippen LogP contribution in [0.1, 0.15) is 11.3 Å². The molecule has 0 unspecified atom stereocenters. The first-order chi connectivity index (χ1) is 17.7. The van der Waals surface area contributed by atoms with Crippen LogP contribution >= 0.6 is 34.7 Å². The number of hydrogen-bond acceptors (Lipinski definition) is 10. The minimum absolute atomic E-state index is 0.0215. The first-order valence-electron chi connectivity index (χ1n) is 10.9. The van der Waals surface area contributed by atoms with Gasteiger partial charge in [0, 0.05) is 11.3 Å². The van der Waals surface area contributed by atoms with Crippen molar-refractivity contribution in [1.29, 1.82) is 0 Å². The smallest absolute Gasteiger partial charge is 0.276 e. The quantitative estimate of drug-likeness (QED) is 0.172. The molecule has 1 fully saturated rings. The van der Waals surface area contributed by atoms with Crippen molar-refractivity contribution in [3.05, 3.63) is 57.7 Å². The number of rotatable bonds is 7. The van der Waals surface area contributed by atoms with Gasteiger partial charge in [0.25, 0.3) is 11.8 Å². The average Bonchev–Trinajstić information content (AvgIpc) is 3.40. The third-order valence-corrected chi connectivity index (χ3v) is 8.29. The van der Waals surface area contributed by atoms with Gasteiger partial charge in [0.05, 0.1) is 17.9 Å². The number of thiazole rings is 1. The number of aryl methyl sites for hydroxylation is 1. The fourth-order valence-corrected chi connectivity index (χ4v) is 6.53. The van der Waals surface area contributed by atoms with Crippen LogP contribution in [0.25, 0.3) is 5.52 Å². The Morgan fingerprint density at radius 1 is 1.46 bits per heavy atom. The van der Waals surface area contributed by atoms with Gasteiger partial charge >= 0.3 is 0 Å². The maximum atomic E-state index is 13.0. The lowest BCUT2D eigenvalue weighted by molar-refractivity contribution is -0.687. The second kappa shape index (κ2) is 9.68. The molecule has 2 aliphatic heterocycles. The third-order valence-electron chi connectivity index (χ3n) is 5.87. The number of pyridine rings is 1. The second-order valence-corrected chi connectivity index (χ2v) is 11.1. The highest BCUT2D eigenvalue weighted by Crippen LogP contribution is 2.40. The van der Waals surface area contributed by atoms with Crippen LogP contribution < -0.4 is 20.7 Å². The van der Waals surface area contributed by atoms with E-state index in [9.17, 15) is 19.5 Å².